The summed E-state index contributed by atoms with van der Waals surface area (Å²) in [5.41, 5.74) is 5.10. The molecule has 1 aliphatic heterocycles. The van der Waals surface area contributed by atoms with Crippen LogP contribution in [-0.4, -0.2) is 5.97 Å². The van der Waals surface area contributed by atoms with Gasteiger partial charge in [0.15, 0.2) is 0 Å². The predicted octanol–water partition coefficient (Wildman–Crippen LogP) is 3.76. The van der Waals surface area contributed by atoms with Crippen molar-refractivity contribution in [3.05, 3.63) is 70.3 Å². The van der Waals surface area contributed by atoms with Gasteiger partial charge in [0.05, 0.1) is 5.56 Å². The summed E-state index contributed by atoms with van der Waals surface area (Å²) in [6, 6.07) is 14.1. The Morgan fingerprint density at radius 3 is 2.58 bits per heavy atom. The highest BCUT2D eigenvalue weighted by Gasteiger charge is 2.28. The van der Waals surface area contributed by atoms with Crippen molar-refractivity contribution in [2.45, 2.75) is 26.4 Å². The molecule has 1 atom stereocenters. The zero-order chi connectivity index (χ0) is 13.4. The Morgan fingerprint density at radius 1 is 1.11 bits per heavy atom. The van der Waals surface area contributed by atoms with Gasteiger partial charge in [-0.05, 0) is 30.5 Å². The molecule has 0 amide bonds. The summed E-state index contributed by atoms with van der Waals surface area (Å²) >= 11 is 0. The fourth-order valence-electron chi connectivity index (χ4n) is 2.79. The summed E-state index contributed by atoms with van der Waals surface area (Å²) in [6.07, 6.45) is 0.593. The number of fused-ring (bicyclic) bond motifs is 1. The molecule has 0 saturated carbocycles. The molecular formula is C17H16O2. The van der Waals surface area contributed by atoms with Gasteiger partial charge in [-0.25, -0.2) is 4.79 Å². The lowest BCUT2D eigenvalue weighted by molar-refractivity contribution is 0.0251. The van der Waals surface area contributed by atoms with Crippen LogP contribution in [0.4, 0.5) is 0 Å². The predicted molar refractivity (Wildman–Crippen MR) is 74.2 cm³/mol. The van der Waals surface area contributed by atoms with E-state index in [4.69, 9.17) is 4.74 Å². The monoisotopic (exact) mass is 252 g/mol. The molecule has 0 spiro atoms. The number of ether oxygens (including phenoxy) is 1. The van der Waals surface area contributed by atoms with Crippen molar-refractivity contribution in [2.24, 2.45) is 0 Å². The second kappa shape index (κ2) is 4.54. The Hall–Kier alpha value is -2.09. The van der Waals surface area contributed by atoms with Crippen molar-refractivity contribution < 1.29 is 9.53 Å². The van der Waals surface area contributed by atoms with Gasteiger partial charge in [0.2, 0.25) is 0 Å². The molecule has 2 aromatic rings. The van der Waals surface area contributed by atoms with Crippen LogP contribution < -0.4 is 0 Å². The second-order valence-corrected chi connectivity index (χ2v) is 5.12. The Kier molecular flexibility index (Phi) is 2.86. The summed E-state index contributed by atoms with van der Waals surface area (Å²) < 4.78 is 5.58. The number of esters is 1. The average Bonchev–Trinajstić information content (AvgIpc) is 2.38. The topological polar surface area (TPSA) is 26.3 Å². The number of hydrogen-bond acceptors (Lipinski definition) is 2. The van der Waals surface area contributed by atoms with Crippen molar-refractivity contribution in [1.82, 2.24) is 0 Å². The first kappa shape index (κ1) is 12.0. The lowest BCUT2D eigenvalue weighted by Gasteiger charge is -2.26. The maximum absolute atomic E-state index is 12.2. The highest BCUT2D eigenvalue weighted by Crippen LogP contribution is 2.32. The first-order chi connectivity index (χ1) is 9.15. The van der Waals surface area contributed by atoms with Crippen molar-refractivity contribution in [3.63, 3.8) is 0 Å². The largest absolute Gasteiger partial charge is 0.454 e. The van der Waals surface area contributed by atoms with E-state index >= 15 is 0 Å². The van der Waals surface area contributed by atoms with Crippen LogP contribution in [0, 0.1) is 13.8 Å². The molecule has 3 rings (SSSR count). The minimum Gasteiger partial charge on any atom is -0.454 e. The third kappa shape index (κ3) is 2.14. The molecule has 19 heavy (non-hydrogen) atoms. The van der Waals surface area contributed by atoms with Crippen LogP contribution in [0.15, 0.2) is 42.5 Å². The van der Waals surface area contributed by atoms with Gasteiger partial charge in [0.25, 0.3) is 0 Å². The number of carbonyl (C=O) groups is 1. The molecule has 0 radical (unpaired) electrons. The van der Waals surface area contributed by atoms with Crippen molar-refractivity contribution in [1.29, 1.82) is 0 Å². The molecule has 0 fully saturated rings. The van der Waals surface area contributed by atoms with Gasteiger partial charge in [0.1, 0.15) is 6.10 Å². The molecule has 2 heteroatoms. The lowest BCUT2D eigenvalue weighted by Crippen LogP contribution is -2.23. The van der Waals surface area contributed by atoms with Crippen LogP contribution >= 0.6 is 0 Å². The number of hydrogen-bond donors (Lipinski definition) is 0. The maximum atomic E-state index is 12.2. The second-order valence-electron chi connectivity index (χ2n) is 5.12. The van der Waals surface area contributed by atoms with Crippen molar-refractivity contribution in [3.8, 4) is 0 Å². The fourth-order valence-corrected chi connectivity index (χ4v) is 2.79. The van der Waals surface area contributed by atoms with E-state index in [1.165, 1.54) is 5.56 Å². The van der Waals surface area contributed by atoms with Crippen LogP contribution in [0.2, 0.25) is 0 Å². The molecule has 0 bridgehead atoms. The highest BCUT2D eigenvalue weighted by atomic mass is 16.5. The number of benzene rings is 2. The number of aryl methyl sites for hydroxylation is 2. The van der Waals surface area contributed by atoms with E-state index in [0.29, 0.717) is 0 Å². The van der Waals surface area contributed by atoms with Crippen molar-refractivity contribution in [2.75, 3.05) is 0 Å². The molecule has 2 nitrogen and oxygen atoms in total. The average molecular weight is 252 g/mol. The Bertz CT molecular complexity index is 629. The van der Waals surface area contributed by atoms with E-state index in [1.807, 2.05) is 43.3 Å². The number of rotatable bonds is 1. The molecule has 0 aliphatic carbocycles. The minimum absolute atomic E-state index is 0.164. The standard InChI is InChI=1S/C17H16O2/c1-11-8-12(2)16-14(9-11)10-15(19-17(16)18)13-6-4-3-5-7-13/h3-9,15H,10H2,1-2H3. The van der Waals surface area contributed by atoms with Gasteiger partial charge in [0, 0.05) is 6.42 Å². The van der Waals surface area contributed by atoms with Crippen LogP contribution in [0.5, 0.6) is 0 Å². The first-order valence-corrected chi connectivity index (χ1v) is 6.51. The SMILES string of the molecule is Cc1cc(C)c2c(c1)CC(c1ccccc1)OC2=O. The fraction of sp³-hybridized carbons (Fsp3) is 0.235. The van der Waals surface area contributed by atoms with Crippen molar-refractivity contribution >= 4 is 5.97 Å². The molecule has 0 N–H and O–H groups in total. The molecule has 1 heterocycles. The van der Waals surface area contributed by atoms with Gasteiger partial charge in [-0.2, -0.15) is 0 Å². The van der Waals surface area contributed by atoms with Crippen LogP contribution in [0.1, 0.15) is 38.7 Å². The van der Waals surface area contributed by atoms with Crippen LogP contribution in [0.3, 0.4) is 0 Å². The quantitative estimate of drug-likeness (QED) is 0.722. The van der Waals surface area contributed by atoms with Gasteiger partial charge >= 0.3 is 5.97 Å². The summed E-state index contributed by atoms with van der Waals surface area (Å²) in [5, 5.41) is 0. The van der Waals surface area contributed by atoms with E-state index < -0.39 is 0 Å². The molecule has 0 saturated heterocycles. The minimum atomic E-state index is -0.201. The van der Waals surface area contributed by atoms with E-state index in [1.54, 1.807) is 0 Å². The lowest BCUT2D eigenvalue weighted by atomic mass is 9.90. The van der Waals surface area contributed by atoms with Gasteiger partial charge in [-0.3, -0.25) is 0 Å². The summed E-state index contributed by atoms with van der Waals surface area (Å²) in [7, 11) is 0. The van der Waals surface area contributed by atoms with Gasteiger partial charge in [-0.1, -0.05) is 48.0 Å². The highest BCUT2D eigenvalue weighted by molar-refractivity contribution is 5.94. The Balaban J connectivity index is 2.03. The van der Waals surface area contributed by atoms with Crippen LogP contribution in [0.25, 0.3) is 0 Å². The normalized spacial score (nSPS) is 17.8. The van der Waals surface area contributed by atoms with E-state index in [0.717, 1.165) is 28.7 Å². The third-order valence-electron chi connectivity index (χ3n) is 3.59. The number of cyclic esters (lactones) is 1. The molecule has 96 valence electrons. The van der Waals surface area contributed by atoms with Gasteiger partial charge < -0.3 is 4.74 Å². The Morgan fingerprint density at radius 2 is 1.84 bits per heavy atom. The Labute approximate surface area is 113 Å². The summed E-state index contributed by atoms with van der Waals surface area (Å²) in [4.78, 5) is 12.2. The molecule has 1 aliphatic rings. The summed E-state index contributed by atoms with van der Waals surface area (Å²) in [5.74, 6) is -0.201. The molecular weight excluding hydrogens is 236 g/mol. The van der Waals surface area contributed by atoms with Crippen LogP contribution in [-0.2, 0) is 11.2 Å². The van der Waals surface area contributed by atoms with Gasteiger partial charge in [-0.15, -0.1) is 0 Å². The molecule has 2 aromatic carbocycles. The zero-order valence-electron chi connectivity index (χ0n) is 11.1. The summed E-state index contributed by atoms with van der Waals surface area (Å²) in [6.45, 7) is 4.03. The smallest absolute Gasteiger partial charge is 0.339 e. The van der Waals surface area contributed by atoms with E-state index in [2.05, 4.69) is 13.0 Å². The molecule has 1 unspecified atom stereocenters. The van der Waals surface area contributed by atoms with E-state index in [9.17, 15) is 4.79 Å². The molecule has 0 aromatic heterocycles. The third-order valence-corrected chi connectivity index (χ3v) is 3.59. The maximum Gasteiger partial charge on any atom is 0.339 e. The number of carbonyl (C=O) groups excluding carboxylic acids is 1. The zero-order valence-corrected chi connectivity index (χ0v) is 11.1. The first-order valence-electron chi connectivity index (χ1n) is 6.51. The van der Waals surface area contributed by atoms with E-state index in [-0.39, 0.29) is 12.1 Å².